The van der Waals surface area contributed by atoms with Crippen LogP contribution in [0.5, 0.6) is 0 Å². The Morgan fingerprint density at radius 2 is 1.85 bits per heavy atom. The van der Waals surface area contributed by atoms with Crippen molar-refractivity contribution in [3.63, 3.8) is 0 Å². The fourth-order valence-electron chi connectivity index (χ4n) is 2.31. The summed E-state index contributed by atoms with van der Waals surface area (Å²) in [6.45, 7) is 2.60. The van der Waals surface area contributed by atoms with E-state index in [1.165, 1.54) is 16.3 Å². The number of hydrogen-bond acceptors (Lipinski definition) is 3. The third-order valence-corrected chi connectivity index (χ3v) is 4.12. The molecule has 4 nitrogen and oxygen atoms in total. The molecular weight excluding hydrogens is 274 g/mol. The molecule has 2 rings (SSSR count). The van der Waals surface area contributed by atoms with Gasteiger partial charge in [-0.05, 0) is 36.2 Å². The van der Waals surface area contributed by atoms with Crippen LogP contribution in [-0.4, -0.2) is 25.3 Å². The Labute approximate surface area is 119 Å². The second kappa shape index (κ2) is 6.35. The molecule has 0 saturated heterocycles. The first-order valence-electron chi connectivity index (χ1n) is 6.63. The molecule has 0 aromatic heterocycles. The Bertz CT molecular complexity index is 677. The average Bonchev–Trinajstić information content (AvgIpc) is 2.41. The van der Waals surface area contributed by atoms with Crippen LogP contribution >= 0.6 is 0 Å². The van der Waals surface area contributed by atoms with Gasteiger partial charge in [0.05, 0.1) is 5.75 Å². The lowest BCUT2D eigenvalue weighted by atomic mass is 10.00. The van der Waals surface area contributed by atoms with E-state index in [1.54, 1.807) is 0 Å². The second-order valence-corrected chi connectivity index (χ2v) is 6.46. The van der Waals surface area contributed by atoms with Crippen molar-refractivity contribution >= 4 is 20.9 Å². The molecule has 2 aromatic carbocycles. The fourth-order valence-corrected chi connectivity index (χ4v) is 2.82. The van der Waals surface area contributed by atoms with Crippen molar-refractivity contribution in [2.45, 2.75) is 19.4 Å². The van der Waals surface area contributed by atoms with Crippen molar-refractivity contribution in [2.24, 2.45) is 0 Å². The minimum absolute atomic E-state index is 0.127. The number of fused-ring (bicyclic) bond motifs is 1. The first-order valence-corrected chi connectivity index (χ1v) is 8.24. The van der Waals surface area contributed by atoms with Crippen LogP contribution in [0, 0.1) is 0 Å². The number of benzene rings is 2. The maximum Gasteiger partial charge on any atom is 0.264 e. The molecule has 0 spiro atoms. The van der Waals surface area contributed by atoms with Gasteiger partial charge in [-0.2, -0.15) is 8.42 Å². The summed E-state index contributed by atoms with van der Waals surface area (Å²) < 4.78 is 30.0. The zero-order valence-electron chi connectivity index (χ0n) is 11.4. The summed E-state index contributed by atoms with van der Waals surface area (Å²) in [5.74, 6) is -0.206. The zero-order valence-corrected chi connectivity index (χ0v) is 12.2. The number of rotatable bonds is 6. The highest BCUT2D eigenvalue weighted by Gasteiger charge is 2.09. The maximum absolute atomic E-state index is 10.6. The normalized spacial score (nSPS) is 13.5. The lowest BCUT2D eigenvalue weighted by Crippen LogP contribution is -2.22. The largest absolute Gasteiger partial charge is 0.310 e. The molecule has 1 atom stereocenters. The summed E-state index contributed by atoms with van der Waals surface area (Å²) in [4.78, 5) is 0. The van der Waals surface area contributed by atoms with Gasteiger partial charge in [-0.1, -0.05) is 42.5 Å². The minimum atomic E-state index is -3.86. The molecule has 0 aliphatic carbocycles. The van der Waals surface area contributed by atoms with Crippen molar-refractivity contribution in [3.8, 4) is 0 Å². The van der Waals surface area contributed by atoms with E-state index in [0.29, 0.717) is 13.0 Å². The predicted molar refractivity (Wildman–Crippen MR) is 81.4 cm³/mol. The van der Waals surface area contributed by atoms with Gasteiger partial charge in [-0.15, -0.1) is 0 Å². The van der Waals surface area contributed by atoms with Crippen LogP contribution in [-0.2, 0) is 10.1 Å². The van der Waals surface area contributed by atoms with Crippen LogP contribution in [0.2, 0.25) is 0 Å². The Balaban J connectivity index is 2.03. The highest BCUT2D eigenvalue weighted by atomic mass is 32.2. The van der Waals surface area contributed by atoms with E-state index < -0.39 is 10.1 Å². The van der Waals surface area contributed by atoms with Crippen molar-refractivity contribution in [2.75, 3.05) is 12.3 Å². The van der Waals surface area contributed by atoms with Crippen molar-refractivity contribution < 1.29 is 13.0 Å². The summed E-state index contributed by atoms with van der Waals surface area (Å²) in [7, 11) is -3.86. The van der Waals surface area contributed by atoms with Crippen LogP contribution in [0.3, 0.4) is 0 Å². The van der Waals surface area contributed by atoms with E-state index >= 15 is 0 Å². The van der Waals surface area contributed by atoms with Crippen molar-refractivity contribution in [1.29, 1.82) is 0 Å². The van der Waals surface area contributed by atoms with E-state index in [2.05, 4.69) is 36.5 Å². The molecule has 20 heavy (non-hydrogen) atoms. The van der Waals surface area contributed by atoms with Crippen LogP contribution in [0.15, 0.2) is 42.5 Å². The van der Waals surface area contributed by atoms with Gasteiger partial charge < -0.3 is 5.32 Å². The minimum Gasteiger partial charge on any atom is -0.310 e. The van der Waals surface area contributed by atoms with E-state index in [-0.39, 0.29) is 11.8 Å². The first-order chi connectivity index (χ1) is 9.47. The van der Waals surface area contributed by atoms with Gasteiger partial charge in [-0.3, -0.25) is 4.55 Å². The smallest absolute Gasteiger partial charge is 0.264 e. The molecule has 0 unspecified atom stereocenters. The number of hydrogen-bond donors (Lipinski definition) is 2. The van der Waals surface area contributed by atoms with Gasteiger partial charge in [0.1, 0.15) is 0 Å². The van der Waals surface area contributed by atoms with Gasteiger partial charge >= 0.3 is 0 Å². The van der Waals surface area contributed by atoms with Crippen LogP contribution < -0.4 is 5.32 Å². The van der Waals surface area contributed by atoms with E-state index in [1.807, 2.05) is 18.2 Å². The Hall–Kier alpha value is -1.43. The average molecular weight is 293 g/mol. The predicted octanol–water partition coefficient (Wildman–Crippen LogP) is 2.77. The monoisotopic (exact) mass is 293 g/mol. The topological polar surface area (TPSA) is 66.4 Å². The third-order valence-electron chi connectivity index (χ3n) is 3.32. The van der Waals surface area contributed by atoms with Gasteiger partial charge in [0.15, 0.2) is 0 Å². The summed E-state index contributed by atoms with van der Waals surface area (Å²) in [5, 5.41) is 5.68. The molecule has 0 aliphatic rings. The van der Waals surface area contributed by atoms with Crippen LogP contribution in [0.25, 0.3) is 10.8 Å². The standard InChI is InChI=1S/C15H19NO3S/c1-12(16-10-5-11-20(17,18)19)14-9-4-7-13-6-2-3-8-15(13)14/h2-4,6-9,12,16H,5,10-11H2,1H3,(H,17,18,19)/t12-/m1/s1. The molecule has 0 amide bonds. The third kappa shape index (κ3) is 4.03. The van der Waals surface area contributed by atoms with E-state index in [4.69, 9.17) is 4.55 Å². The lowest BCUT2D eigenvalue weighted by molar-refractivity contribution is 0.477. The molecule has 0 saturated carbocycles. The van der Waals surface area contributed by atoms with Crippen LogP contribution in [0.1, 0.15) is 24.9 Å². The van der Waals surface area contributed by atoms with Crippen LogP contribution in [0.4, 0.5) is 0 Å². The molecular formula is C15H19NO3S. The summed E-state index contributed by atoms with van der Waals surface area (Å²) in [6, 6.07) is 14.5. The van der Waals surface area contributed by atoms with Gasteiger partial charge in [0.2, 0.25) is 0 Å². The van der Waals surface area contributed by atoms with Gasteiger partial charge in [0.25, 0.3) is 10.1 Å². The van der Waals surface area contributed by atoms with E-state index in [0.717, 1.165) is 0 Å². The lowest BCUT2D eigenvalue weighted by Gasteiger charge is -2.16. The molecule has 0 aliphatic heterocycles. The quantitative estimate of drug-likeness (QED) is 0.635. The molecule has 5 heteroatoms. The number of nitrogens with one attached hydrogen (secondary N) is 1. The molecule has 2 N–H and O–H groups in total. The fraction of sp³-hybridized carbons (Fsp3) is 0.333. The van der Waals surface area contributed by atoms with Crippen molar-refractivity contribution in [3.05, 3.63) is 48.0 Å². The Morgan fingerprint density at radius 3 is 2.60 bits per heavy atom. The Kier molecular flexibility index (Phi) is 4.75. The summed E-state index contributed by atoms with van der Waals surface area (Å²) in [6.07, 6.45) is 0.397. The van der Waals surface area contributed by atoms with Gasteiger partial charge in [-0.25, -0.2) is 0 Å². The highest BCUT2D eigenvalue weighted by Crippen LogP contribution is 2.23. The van der Waals surface area contributed by atoms with Crippen molar-refractivity contribution in [1.82, 2.24) is 5.32 Å². The highest BCUT2D eigenvalue weighted by molar-refractivity contribution is 7.85. The van der Waals surface area contributed by atoms with E-state index in [9.17, 15) is 8.42 Å². The molecule has 2 aromatic rings. The Morgan fingerprint density at radius 1 is 1.15 bits per heavy atom. The van der Waals surface area contributed by atoms with Gasteiger partial charge in [0, 0.05) is 6.04 Å². The SMILES string of the molecule is C[C@@H](NCCCS(=O)(=O)O)c1cccc2ccccc12. The zero-order chi connectivity index (χ0) is 14.6. The molecule has 108 valence electrons. The molecule has 0 radical (unpaired) electrons. The summed E-state index contributed by atoms with van der Waals surface area (Å²) in [5.41, 5.74) is 1.19. The molecule has 0 fully saturated rings. The second-order valence-electron chi connectivity index (χ2n) is 4.88. The molecule has 0 heterocycles. The first kappa shape index (κ1) is 15.0. The maximum atomic E-state index is 10.6. The molecule has 0 bridgehead atoms. The summed E-state index contributed by atoms with van der Waals surface area (Å²) >= 11 is 0.